The predicted molar refractivity (Wildman–Crippen MR) is 175 cm³/mol. The van der Waals surface area contributed by atoms with Crippen LogP contribution in [-0.4, -0.2) is 37.7 Å². The summed E-state index contributed by atoms with van der Waals surface area (Å²) in [6.07, 6.45) is 35.3. The zero-order valence-electron chi connectivity index (χ0n) is 28.2. The number of unbranched alkanes of at least 4 members (excludes halogenated alkanes) is 19. The second-order valence-electron chi connectivity index (χ2n) is 12.5. The van der Waals surface area contributed by atoms with Gasteiger partial charge in [0.25, 0.3) is 0 Å². The monoisotopic (exact) mass is 582 g/mol. The molecule has 0 aliphatic carbocycles. The SMILES string of the molecule is CCCCCCCCCCCCC(CCCCCCCCCCCC)CCCCOC(=O)CCCC(=O)N(C)OC. The van der Waals surface area contributed by atoms with Crippen LogP contribution in [0.2, 0.25) is 0 Å². The van der Waals surface area contributed by atoms with E-state index in [1.807, 2.05) is 0 Å². The minimum absolute atomic E-state index is 0.115. The summed E-state index contributed by atoms with van der Waals surface area (Å²) >= 11 is 0. The fourth-order valence-electron chi connectivity index (χ4n) is 5.71. The first-order valence-electron chi connectivity index (χ1n) is 18.0. The summed E-state index contributed by atoms with van der Waals surface area (Å²) in [6, 6.07) is 0. The van der Waals surface area contributed by atoms with Gasteiger partial charge in [0, 0.05) is 19.9 Å². The largest absolute Gasteiger partial charge is 0.466 e. The molecule has 5 nitrogen and oxygen atoms in total. The Morgan fingerprint density at radius 1 is 0.537 bits per heavy atom. The number of rotatable bonds is 32. The zero-order chi connectivity index (χ0) is 30.2. The highest BCUT2D eigenvalue weighted by Crippen LogP contribution is 2.24. The molecule has 0 fully saturated rings. The lowest BCUT2D eigenvalue weighted by Gasteiger charge is -2.17. The average molecular weight is 582 g/mol. The van der Waals surface area contributed by atoms with E-state index in [9.17, 15) is 9.59 Å². The molecule has 1 amide bonds. The summed E-state index contributed by atoms with van der Waals surface area (Å²) in [6.45, 7) is 5.08. The van der Waals surface area contributed by atoms with Gasteiger partial charge in [-0.1, -0.05) is 162 Å². The van der Waals surface area contributed by atoms with Crippen molar-refractivity contribution in [2.45, 2.75) is 194 Å². The number of hydrogen-bond donors (Lipinski definition) is 0. The van der Waals surface area contributed by atoms with Gasteiger partial charge >= 0.3 is 5.97 Å². The van der Waals surface area contributed by atoms with Crippen LogP contribution in [0.4, 0.5) is 0 Å². The Morgan fingerprint density at radius 2 is 0.927 bits per heavy atom. The second-order valence-corrected chi connectivity index (χ2v) is 12.5. The average Bonchev–Trinajstić information content (AvgIpc) is 2.97. The molecule has 0 aromatic heterocycles. The van der Waals surface area contributed by atoms with Crippen LogP contribution in [0.1, 0.15) is 194 Å². The lowest BCUT2D eigenvalue weighted by molar-refractivity contribution is -0.168. The highest BCUT2D eigenvalue weighted by atomic mass is 16.7. The summed E-state index contributed by atoms with van der Waals surface area (Å²) in [5.41, 5.74) is 0. The Bertz CT molecular complexity index is 544. The van der Waals surface area contributed by atoms with Crippen LogP contribution in [0.25, 0.3) is 0 Å². The minimum atomic E-state index is -0.190. The number of carbonyl (C=O) groups excluding carboxylic acids is 2. The fraction of sp³-hybridized carbons (Fsp3) is 0.944. The van der Waals surface area contributed by atoms with E-state index in [-0.39, 0.29) is 11.9 Å². The predicted octanol–water partition coefficient (Wildman–Crippen LogP) is 11.1. The molecule has 0 radical (unpaired) electrons. The van der Waals surface area contributed by atoms with Gasteiger partial charge in [-0.3, -0.25) is 14.4 Å². The molecule has 244 valence electrons. The molecule has 0 bridgehead atoms. The Morgan fingerprint density at radius 3 is 1.34 bits per heavy atom. The van der Waals surface area contributed by atoms with Crippen molar-refractivity contribution in [2.75, 3.05) is 20.8 Å². The van der Waals surface area contributed by atoms with E-state index in [0.29, 0.717) is 25.9 Å². The molecule has 0 aromatic carbocycles. The molecular formula is C36H71NO4. The molecule has 0 atom stereocenters. The van der Waals surface area contributed by atoms with Crippen LogP contribution in [0.5, 0.6) is 0 Å². The Hall–Kier alpha value is -1.10. The maximum absolute atomic E-state index is 12.0. The maximum Gasteiger partial charge on any atom is 0.305 e. The van der Waals surface area contributed by atoms with Crippen molar-refractivity contribution in [3.8, 4) is 0 Å². The van der Waals surface area contributed by atoms with Gasteiger partial charge in [0.05, 0.1) is 13.7 Å². The minimum Gasteiger partial charge on any atom is -0.466 e. The van der Waals surface area contributed by atoms with Gasteiger partial charge in [0.1, 0.15) is 0 Å². The van der Waals surface area contributed by atoms with Crippen molar-refractivity contribution >= 4 is 11.9 Å². The molecule has 0 rings (SSSR count). The molecule has 41 heavy (non-hydrogen) atoms. The van der Waals surface area contributed by atoms with E-state index in [1.165, 1.54) is 160 Å². The van der Waals surface area contributed by atoms with Crippen LogP contribution in [-0.2, 0) is 19.2 Å². The molecule has 0 aliphatic rings. The third-order valence-electron chi connectivity index (χ3n) is 8.60. The normalized spacial score (nSPS) is 11.3. The van der Waals surface area contributed by atoms with Gasteiger partial charge in [-0.15, -0.1) is 0 Å². The van der Waals surface area contributed by atoms with Gasteiger partial charge in [0.15, 0.2) is 0 Å². The molecule has 0 saturated carbocycles. The quantitative estimate of drug-likeness (QED) is 0.0450. The summed E-state index contributed by atoms with van der Waals surface area (Å²) < 4.78 is 5.43. The smallest absolute Gasteiger partial charge is 0.305 e. The molecule has 0 aromatic rings. The molecule has 0 unspecified atom stereocenters. The summed E-state index contributed by atoms with van der Waals surface area (Å²) in [4.78, 5) is 28.6. The number of ether oxygens (including phenoxy) is 1. The highest BCUT2D eigenvalue weighted by molar-refractivity contribution is 5.76. The second kappa shape index (κ2) is 31.8. The Labute approximate surface area is 256 Å². The number of esters is 1. The van der Waals surface area contributed by atoms with E-state index in [0.717, 1.165) is 18.8 Å². The molecule has 0 heterocycles. The number of amides is 1. The van der Waals surface area contributed by atoms with E-state index >= 15 is 0 Å². The number of hydroxylamine groups is 2. The third-order valence-corrected chi connectivity index (χ3v) is 8.60. The summed E-state index contributed by atoms with van der Waals surface area (Å²) in [5, 5.41) is 1.20. The first kappa shape index (κ1) is 39.9. The van der Waals surface area contributed by atoms with Gasteiger partial charge in [-0.25, -0.2) is 5.06 Å². The molecule has 5 heteroatoms. The van der Waals surface area contributed by atoms with Crippen molar-refractivity contribution in [3.63, 3.8) is 0 Å². The first-order valence-corrected chi connectivity index (χ1v) is 18.0. The Kier molecular flexibility index (Phi) is 31.0. The van der Waals surface area contributed by atoms with Crippen LogP contribution in [0, 0.1) is 5.92 Å². The van der Waals surface area contributed by atoms with Gasteiger partial charge < -0.3 is 4.74 Å². The Balaban J connectivity index is 4.08. The van der Waals surface area contributed by atoms with E-state index in [1.54, 1.807) is 7.05 Å². The van der Waals surface area contributed by atoms with Crippen molar-refractivity contribution in [1.29, 1.82) is 0 Å². The van der Waals surface area contributed by atoms with Crippen LogP contribution >= 0.6 is 0 Å². The third kappa shape index (κ3) is 28.8. The lowest BCUT2D eigenvalue weighted by atomic mass is 9.90. The fourth-order valence-corrected chi connectivity index (χ4v) is 5.71. The van der Waals surface area contributed by atoms with Crippen molar-refractivity contribution in [2.24, 2.45) is 5.92 Å². The molecule has 0 spiro atoms. The van der Waals surface area contributed by atoms with E-state index in [4.69, 9.17) is 9.57 Å². The van der Waals surface area contributed by atoms with Crippen LogP contribution in [0.3, 0.4) is 0 Å². The molecular weight excluding hydrogens is 510 g/mol. The van der Waals surface area contributed by atoms with Crippen LogP contribution < -0.4 is 0 Å². The first-order chi connectivity index (χ1) is 20.0. The molecule has 0 N–H and O–H groups in total. The summed E-state index contributed by atoms with van der Waals surface area (Å²) in [5.74, 6) is 0.527. The maximum atomic E-state index is 12.0. The van der Waals surface area contributed by atoms with Gasteiger partial charge in [0.2, 0.25) is 5.91 Å². The molecule has 0 aliphatic heterocycles. The van der Waals surface area contributed by atoms with Crippen molar-refractivity contribution < 1.29 is 19.2 Å². The summed E-state index contributed by atoms with van der Waals surface area (Å²) in [7, 11) is 3.05. The van der Waals surface area contributed by atoms with Crippen LogP contribution in [0.15, 0.2) is 0 Å². The molecule has 0 saturated heterocycles. The van der Waals surface area contributed by atoms with Gasteiger partial charge in [-0.05, 0) is 25.2 Å². The van der Waals surface area contributed by atoms with Crippen molar-refractivity contribution in [3.05, 3.63) is 0 Å². The van der Waals surface area contributed by atoms with E-state index < -0.39 is 0 Å². The van der Waals surface area contributed by atoms with Gasteiger partial charge in [-0.2, -0.15) is 0 Å². The highest BCUT2D eigenvalue weighted by Gasteiger charge is 2.11. The topological polar surface area (TPSA) is 55.8 Å². The van der Waals surface area contributed by atoms with E-state index in [2.05, 4.69) is 13.8 Å². The number of hydrogen-bond acceptors (Lipinski definition) is 4. The number of carbonyl (C=O) groups is 2. The van der Waals surface area contributed by atoms with Crippen molar-refractivity contribution in [1.82, 2.24) is 5.06 Å². The lowest BCUT2D eigenvalue weighted by Crippen LogP contribution is -2.25. The number of nitrogens with zero attached hydrogens (tertiary/aromatic N) is 1. The zero-order valence-corrected chi connectivity index (χ0v) is 28.2. The standard InChI is InChI=1S/C36H71NO4/c1-5-7-9-11-13-15-17-19-21-23-28-34(29-24-22-20-18-16-14-12-10-8-6-2)30-25-26-33-41-36(39)32-27-31-35(38)37(3)40-4/h34H,5-33H2,1-4H3.